The smallest absolute Gasteiger partial charge is 0.322 e. The van der Waals surface area contributed by atoms with E-state index in [0.29, 0.717) is 33.8 Å². The molecule has 1 amide bonds. The minimum Gasteiger partial charge on any atom is -0.497 e. The average molecular weight is 958 g/mol. The first-order chi connectivity index (χ1) is 31.6. The van der Waals surface area contributed by atoms with Crippen LogP contribution in [0.1, 0.15) is 41.0 Å². The van der Waals surface area contributed by atoms with Crippen molar-refractivity contribution in [3.05, 3.63) is 166 Å². The molecule has 2 aromatic heterocycles. The molecule has 0 aliphatic carbocycles. The summed E-state index contributed by atoms with van der Waals surface area (Å²) in [5, 5.41) is 3.28. The Morgan fingerprint density at radius 1 is 0.791 bits per heavy atom. The lowest BCUT2D eigenvalue weighted by Gasteiger charge is -2.19. The molecule has 17 nitrogen and oxygen atoms in total. The summed E-state index contributed by atoms with van der Waals surface area (Å²) >= 11 is 0. The highest BCUT2D eigenvalue weighted by Gasteiger charge is 2.26. The second-order valence-electron chi connectivity index (χ2n) is 15.0. The number of pyridine rings is 1. The SMILES string of the molecule is COc1ccc2c(Oc3ccc(NC(=O)c4c(C)n(C[C@@H](C)OC(=O)[C@H](C)N)n(-c5ccccc5)c4=O)cc3F)ccnc2c1.Cc1ccc(S(=O)(=O)O)cc1.Cc1ccc(S(=O)(=O)O)cc1. The highest BCUT2D eigenvalue weighted by atomic mass is 32.2. The van der Waals surface area contributed by atoms with E-state index in [2.05, 4.69) is 10.3 Å². The third-order valence-electron chi connectivity index (χ3n) is 9.70. The molecule has 0 aliphatic rings. The molecule has 2 heterocycles. The Hall–Kier alpha value is -7.23. The quantitative estimate of drug-likeness (QED) is 0.0686. The Kier molecular flexibility index (Phi) is 16.5. The molecule has 0 saturated carbocycles. The van der Waals surface area contributed by atoms with Crippen molar-refractivity contribution in [2.24, 2.45) is 5.73 Å². The molecule has 7 aromatic rings. The van der Waals surface area contributed by atoms with E-state index in [1.165, 1.54) is 48.0 Å². The number of ether oxygens (including phenoxy) is 3. The molecule has 0 radical (unpaired) electrons. The molecule has 20 heteroatoms. The number of fused-ring (bicyclic) bond motifs is 1. The average Bonchev–Trinajstić information content (AvgIpc) is 3.52. The first-order valence-electron chi connectivity index (χ1n) is 20.2. The van der Waals surface area contributed by atoms with Crippen molar-refractivity contribution < 1.29 is 54.1 Å². The van der Waals surface area contributed by atoms with Crippen LogP contribution in [-0.4, -0.2) is 71.4 Å². The summed E-state index contributed by atoms with van der Waals surface area (Å²) in [5.41, 5.74) is 8.36. The van der Waals surface area contributed by atoms with E-state index in [1.54, 1.807) is 111 Å². The van der Waals surface area contributed by atoms with Crippen LogP contribution in [0.3, 0.4) is 0 Å². The van der Waals surface area contributed by atoms with Gasteiger partial charge in [-0.2, -0.15) is 16.8 Å². The van der Waals surface area contributed by atoms with Crippen LogP contribution in [0.4, 0.5) is 10.1 Å². The molecule has 67 heavy (non-hydrogen) atoms. The van der Waals surface area contributed by atoms with Gasteiger partial charge in [0.25, 0.3) is 31.7 Å². The fourth-order valence-electron chi connectivity index (χ4n) is 6.25. The lowest BCUT2D eigenvalue weighted by molar-refractivity contribution is -0.150. The molecule has 0 bridgehead atoms. The van der Waals surface area contributed by atoms with Crippen molar-refractivity contribution in [1.29, 1.82) is 0 Å². The van der Waals surface area contributed by atoms with Crippen molar-refractivity contribution in [3.63, 3.8) is 0 Å². The number of carbonyl (C=O) groups is 2. The standard InChI is InChI=1S/C33H32FN5O6.2C7H8O3S/c1-19(44-33(42)20(2)35)18-38-21(3)30(32(41)39(38)23-8-6-5-7-9-23)31(40)37-22-10-13-29(26(34)16-22)45-28-14-15-36-27-17-24(43-4)11-12-25(27)28;2*1-6-2-4-7(5-3-6)11(8,9)10/h5-17,19-20H,18,35H2,1-4H3,(H,37,40);2*2-5H,1H3,(H,8,9,10)/t19-,20+;;/m1../s1. The summed E-state index contributed by atoms with van der Waals surface area (Å²) in [6.07, 6.45) is 0.880. The molecule has 5 N–H and O–H groups in total. The van der Waals surface area contributed by atoms with Gasteiger partial charge in [-0.25, -0.2) is 9.07 Å². The fourth-order valence-corrected chi connectivity index (χ4v) is 7.21. The number of carbonyl (C=O) groups excluding carboxylic acids is 2. The highest BCUT2D eigenvalue weighted by molar-refractivity contribution is 7.86. The first-order valence-corrected chi connectivity index (χ1v) is 23.1. The van der Waals surface area contributed by atoms with Crippen LogP contribution < -0.4 is 26.1 Å². The monoisotopic (exact) mass is 957 g/mol. The molecule has 0 unspecified atom stereocenters. The first kappa shape index (κ1) is 50.8. The summed E-state index contributed by atoms with van der Waals surface area (Å²) in [6.45, 7) is 8.54. The van der Waals surface area contributed by atoms with Crippen molar-refractivity contribution >= 4 is 48.7 Å². The number of halogens is 1. The van der Waals surface area contributed by atoms with Crippen molar-refractivity contribution in [2.45, 2.75) is 63.1 Å². The van der Waals surface area contributed by atoms with E-state index >= 15 is 4.39 Å². The molecule has 5 aromatic carbocycles. The number of esters is 1. The summed E-state index contributed by atoms with van der Waals surface area (Å²) in [7, 11) is -6.49. The molecule has 0 spiro atoms. The zero-order chi connectivity index (χ0) is 49.2. The Morgan fingerprint density at radius 3 is 1.90 bits per heavy atom. The number of aromatic nitrogens is 3. The van der Waals surface area contributed by atoms with E-state index in [4.69, 9.17) is 29.0 Å². The maximum absolute atomic E-state index is 15.2. The molecule has 352 valence electrons. The second kappa shape index (κ2) is 21.8. The Bertz CT molecular complexity index is 3090. The molecule has 0 saturated heterocycles. The third-order valence-corrected chi connectivity index (χ3v) is 11.4. The third kappa shape index (κ3) is 13.4. The number of nitrogens with one attached hydrogen (secondary N) is 1. The number of hydrogen-bond donors (Lipinski definition) is 4. The predicted molar refractivity (Wildman–Crippen MR) is 249 cm³/mol. The van der Waals surface area contributed by atoms with Gasteiger partial charge in [0.05, 0.1) is 40.3 Å². The van der Waals surface area contributed by atoms with Gasteiger partial charge in [0.1, 0.15) is 29.2 Å². The Morgan fingerprint density at radius 2 is 1.37 bits per heavy atom. The van der Waals surface area contributed by atoms with Gasteiger partial charge in [-0.3, -0.25) is 33.2 Å². The Balaban J connectivity index is 0.000000310. The van der Waals surface area contributed by atoms with Gasteiger partial charge in [-0.05, 0) is 101 Å². The summed E-state index contributed by atoms with van der Waals surface area (Å²) in [6, 6.07) is 30.7. The van der Waals surface area contributed by atoms with Gasteiger partial charge in [0.2, 0.25) is 0 Å². The fraction of sp³-hybridized carbons (Fsp3) is 0.191. The lowest BCUT2D eigenvalue weighted by Crippen LogP contribution is -2.34. The zero-order valence-corrected chi connectivity index (χ0v) is 38.7. The number of nitrogens with two attached hydrogens (primary N) is 1. The van der Waals surface area contributed by atoms with Crippen molar-refractivity contribution in [2.75, 3.05) is 12.4 Å². The van der Waals surface area contributed by atoms with Crippen LogP contribution in [0.15, 0.2) is 142 Å². The number of para-hydroxylation sites is 1. The number of nitrogens with zero attached hydrogens (tertiary/aromatic N) is 3. The Labute approximate surface area is 386 Å². The van der Waals surface area contributed by atoms with Crippen LogP contribution in [-0.2, 0) is 36.3 Å². The van der Waals surface area contributed by atoms with Crippen LogP contribution in [0.2, 0.25) is 0 Å². The lowest BCUT2D eigenvalue weighted by atomic mass is 10.2. The van der Waals surface area contributed by atoms with Gasteiger partial charge < -0.3 is 25.3 Å². The van der Waals surface area contributed by atoms with E-state index in [9.17, 15) is 31.2 Å². The van der Waals surface area contributed by atoms with Crippen LogP contribution in [0.25, 0.3) is 16.6 Å². The van der Waals surface area contributed by atoms with Gasteiger partial charge in [-0.15, -0.1) is 0 Å². The van der Waals surface area contributed by atoms with E-state index in [1.807, 2.05) is 13.8 Å². The van der Waals surface area contributed by atoms with Gasteiger partial charge in [-0.1, -0.05) is 53.6 Å². The number of hydrogen-bond acceptors (Lipinski definition) is 12. The van der Waals surface area contributed by atoms with Crippen LogP contribution in [0, 0.1) is 26.6 Å². The molecule has 7 rings (SSSR count). The largest absolute Gasteiger partial charge is 0.497 e. The number of aryl methyl sites for hydroxylation is 2. The number of benzene rings is 5. The molecule has 0 fully saturated rings. The summed E-state index contributed by atoms with van der Waals surface area (Å²) < 4.78 is 93.7. The number of methoxy groups -OCH3 is 1. The summed E-state index contributed by atoms with van der Waals surface area (Å²) in [5.74, 6) is -1.11. The van der Waals surface area contributed by atoms with Crippen molar-refractivity contribution in [1.82, 2.24) is 14.3 Å². The molecule has 0 aliphatic heterocycles. The van der Waals surface area contributed by atoms with Crippen LogP contribution >= 0.6 is 0 Å². The minimum atomic E-state index is -4.02. The van der Waals surface area contributed by atoms with Gasteiger partial charge >= 0.3 is 5.97 Å². The van der Waals surface area contributed by atoms with Gasteiger partial charge in [0, 0.05) is 29.4 Å². The van der Waals surface area contributed by atoms with E-state index in [-0.39, 0.29) is 33.3 Å². The normalized spacial score (nSPS) is 12.1. The molecule has 2 atom stereocenters. The van der Waals surface area contributed by atoms with Crippen LogP contribution in [0.5, 0.6) is 17.2 Å². The minimum absolute atomic E-state index is 0.0666. The highest BCUT2D eigenvalue weighted by Crippen LogP contribution is 2.33. The van der Waals surface area contributed by atoms with Gasteiger partial charge in [0.15, 0.2) is 11.6 Å². The maximum atomic E-state index is 15.2. The molecular weight excluding hydrogens is 910 g/mol. The summed E-state index contributed by atoms with van der Waals surface area (Å²) in [4.78, 5) is 43.4. The maximum Gasteiger partial charge on any atom is 0.322 e. The van der Waals surface area contributed by atoms with E-state index < -0.39 is 55.6 Å². The van der Waals surface area contributed by atoms with Crippen molar-refractivity contribution in [3.8, 4) is 22.9 Å². The number of rotatable bonds is 12. The predicted octanol–water partition coefficient (Wildman–Crippen LogP) is 7.45. The zero-order valence-electron chi connectivity index (χ0n) is 37.1. The molecular formula is C47H48FN5O12S2. The number of anilines is 1. The number of amides is 1. The topological polar surface area (TPSA) is 248 Å². The van der Waals surface area contributed by atoms with E-state index in [0.717, 1.165) is 17.2 Å². The second-order valence-corrected chi connectivity index (χ2v) is 17.8.